The molecule has 4 nitrogen and oxygen atoms in total. The third kappa shape index (κ3) is 2.91. The van der Waals surface area contributed by atoms with Crippen molar-refractivity contribution in [2.75, 3.05) is 13.1 Å². The number of aromatic nitrogens is 3. The van der Waals surface area contributed by atoms with E-state index in [-0.39, 0.29) is 0 Å². The van der Waals surface area contributed by atoms with Crippen molar-refractivity contribution in [2.24, 2.45) is 5.92 Å². The first kappa shape index (κ1) is 12.2. The Bertz CT molecular complexity index is 362. The Morgan fingerprint density at radius 2 is 1.89 bits per heavy atom. The first-order valence-electron chi connectivity index (χ1n) is 7.53. The number of nitrogens with one attached hydrogen (secondary N) is 1. The largest absolute Gasteiger partial charge is 0.317 e. The average Bonchev–Trinajstić information content (AvgIpc) is 2.89. The van der Waals surface area contributed by atoms with Gasteiger partial charge >= 0.3 is 0 Å². The maximum absolute atomic E-state index is 4.38. The second-order valence-corrected chi connectivity index (χ2v) is 5.88. The molecule has 3 rings (SSSR count). The van der Waals surface area contributed by atoms with Crippen LogP contribution < -0.4 is 5.32 Å². The summed E-state index contributed by atoms with van der Waals surface area (Å²) >= 11 is 0. The molecule has 1 aliphatic heterocycles. The quantitative estimate of drug-likeness (QED) is 0.892. The first-order valence-corrected chi connectivity index (χ1v) is 7.53. The van der Waals surface area contributed by atoms with E-state index in [1.165, 1.54) is 50.6 Å². The van der Waals surface area contributed by atoms with E-state index in [0.29, 0.717) is 6.04 Å². The maximum Gasteiger partial charge on any atom is 0.0830 e. The molecule has 4 heteroatoms. The van der Waals surface area contributed by atoms with E-state index in [2.05, 4.69) is 26.5 Å². The van der Waals surface area contributed by atoms with Gasteiger partial charge < -0.3 is 5.32 Å². The Kier molecular flexibility index (Phi) is 3.93. The van der Waals surface area contributed by atoms with Crippen LogP contribution in [0.2, 0.25) is 0 Å². The van der Waals surface area contributed by atoms with Crippen LogP contribution in [0.5, 0.6) is 0 Å². The highest BCUT2D eigenvalue weighted by Gasteiger charge is 2.19. The molecule has 2 aliphatic rings. The lowest BCUT2D eigenvalue weighted by atomic mass is 9.86. The molecular formula is C14H24N4. The normalized spacial score (nSPS) is 23.3. The molecule has 2 heterocycles. The fourth-order valence-corrected chi connectivity index (χ4v) is 3.34. The van der Waals surface area contributed by atoms with Gasteiger partial charge in [-0.1, -0.05) is 37.3 Å². The van der Waals surface area contributed by atoms with Gasteiger partial charge in [0.25, 0.3) is 0 Å². The van der Waals surface area contributed by atoms with Crippen LogP contribution in [0.1, 0.15) is 56.7 Å². The van der Waals surface area contributed by atoms with E-state index in [1.807, 2.05) is 0 Å². The molecule has 0 aromatic carbocycles. The zero-order valence-corrected chi connectivity index (χ0v) is 11.1. The Balaban J connectivity index is 1.58. The van der Waals surface area contributed by atoms with Crippen LogP contribution in [-0.2, 0) is 6.42 Å². The van der Waals surface area contributed by atoms with Crippen molar-refractivity contribution in [3.63, 3.8) is 0 Å². The zero-order valence-electron chi connectivity index (χ0n) is 11.1. The molecule has 0 atom stereocenters. The summed E-state index contributed by atoms with van der Waals surface area (Å²) in [7, 11) is 0. The number of nitrogens with zero attached hydrogens (tertiary/aromatic N) is 3. The molecule has 1 aliphatic carbocycles. The number of hydrogen-bond acceptors (Lipinski definition) is 3. The molecule has 100 valence electrons. The van der Waals surface area contributed by atoms with E-state index >= 15 is 0 Å². The van der Waals surface area contributed by atoms with Crippen molar-refractivity contribution < 1.29 is 0 Å². The first-order chi connectivity index (χ1) is 8.92. The summed E-state index contributed by atoms with van der Waals surface area (Å²) in [6.45, 7) is 2.23. The van der Waals surface area contributed by atoms with Crippen molar-refractivity contribution >= 4 is 0 Å². The summed E-state index contributed by atoms with van der Waals surface area (Å²) in [4.78, 5) is 0. The molecule has 1 aromatic heterocycles. The SMILES string of the molecule is c1c(CC2CCCCC2)nnn1C1CCNCC1. The number of hydrogen-bond donors (Lipinski definition) is 1. The summed E-state index contributed by atoms with van der Waals surface area (Å²) in [5.74, 6) is 0.858. The molecule has 1 saturated carbocycles. The molecule has 18 heavy (non-hydrogen) atoms. The van der Waals surface area contributed by atoms with E-state index in [9.17, 15) is 0 Å². The van der Waals surface area contributed by atoms with E-state index in [0.717, 1.165) is 25.4 Å². The van der Waals surface area contributed by atoms with Crippen LogP contribution in [0, 0.1) is 5.92 Å². The van der Waals surface area contributed by atoms with Gasteiger partial charge in [-0.3, -0.25) is 0 Å². The van der Waals surface area contributed by atoms with Gasteiger partial charge in [-0.05, 0) is 38.3 Å². The van der Waals surface area contributed by atoms with E-state index in [1.54, 1.807) is 0 Å². The van der Waals surface area contributed by atoms with Gasteiger partial charge in [0.05, 0.1) is 11.7 Å². The monoisotopic (exact) mass is 248 g/mol. The van der Waals surface area contributed by atoms with Crippen LogP contribution in [0.15, 0.2) is 6.20 Å². The Morgan fingerprint density at radius 3 is 2.67 bits per heavy atom. The smallest absolute Gasteiger partial charge is 0.0830 e. The minimum absolute atomic E-state index is 0.568. The maximum atomic E-state index is 4.38. The van der Waals surface area contributed by atoms with Crippen LogP contribution in [0.4, 0.5) is 0 Å². The second-order valence-electron chi connectivity index (χ2n) is 5.88. The fourth-order valence-electron chi connectivity index (χ4n) is 3.34. The minimum Gasteiger partial charge on any atom is -0.317 e. The van der Waals surface area contributed by atoms with Crippen molar-refractivity contribution in [3.05, 3.63) is 11.9 Å². The summed E-state index contributed by atoms with van der Waals surface area (Å²) in [5.41, 5.74) is 1.21. The lowest BCUT2D eigenvalue weighted by Crippen LogP contribution is -2.29. The molecule has 2 fully saturated rings. The van der Waals surface area contributed by atoms with Gasteiger partial charge in [0, 0.05) is 6.20 Å². The summed E-state index contributed by atoms with van der Waals surface area (Å²) in [6, 6.07) is 0.568. The molecule has 0 spiro atoms. The molecule has 0 amide bonds. The standard InChI is InChI=1S/C14H24N4/c1-2-4-12(5-3-1)10-13-11-18(17-16-13)14-6-8-15-9-7-14/h11-12,14-15H,1-10H2. The molecular weight excluding hydrogens is 224 g/mol. The summed E-state index contributed by atoms with van der Waals surface area (Å²) in [5, 5.41) is 12.1. The highest BCUT2D eigenvalue weighted by molar-refractivity contribution is 4.96. The lowest BCUT2D eigenvalue weighted by molar-refractivity contribution is 0.337. The molecule has 0 radical (unpaired) electrons. The van der Waals surface area contributed by atoms with Crippen LogP contribution >= 0.6 is 0 Å². The third-order valence-corrected chi connectivity index (χ3v) is 4.46. The molecule has 0 unspecified atom stereocenters. The summed E-state index contributed by atoms with van der Waals surface area (Å²) < 4.78 is 2.11. The van der Waals surface area contributed by atoms with Crippen LogP contribution in [0.3, 0.4) is 0 Å². The Morgan fingerprint density at radius 1 is 1.11 bits per heavy atom. The van der Waals surface area contributed by atoms with E-state index < -0.39 is 0 Å². The molecule has 1 N–H and O–H groups in total. The van der Waals surface area contributed by atoms with Crippen LogP contribution in [-0.4, -0.2) is 28.1 Å². The van der Waals surface area contributed by atoms with Gasteiger partial charge in [-0.2, -0.15) is 0 Å². The van der Waals surface area contributed by atoms with E-state index in [4.69, 9.17) is 0 Å². The third-order valence-electron chi connectivity index (χ3n) is 4.46. The second kappa shape index (κ2) is 5.83. The van der Waals surface area contributed by atoms with Gasteiger partial charge in [0.2, 0.25) is 0 Å². The van der Waals surface area contributed by atoms with Crippen molar-refractivity contribution in [2.45, 2.75) is 57.4 Å². The molecule has 1 saturated heterocycles. The zero-order chi connectivity index (χ0) is 12.2. The predicted molar refractivity (Wildman–Crippen MR) is 71.4 cm³/mol. The van der Waals surface area contributed by atoms with Crippen molar-refractivity contribution in [1.29, 1.82) is 0 Å². The van der Waals surface area contributed by atoms with Crippen molar-refractivity contribution in [1.82, 2.24) is 20.3 Å². The highest BCUT2D eigenvalue weighted by Crippen LogP contribution is 2.26. The Hall–Kier alpha value is -0.900. The minimum atomic E-state index is 0.568. The van der Waals surface area contributed by atoms with Crippen molar-refractivity contribution in [3.8, 4) is 0 Å². The molecule has 1 aromatic rings. The number of piperidine rings is 1. The Labute approximate surface area is 109 Å². The highest BCUT2D eigenvalue weighted by atomic mass is 15.4. The summed E-state index contributed by atoms with van der Waals surface area (Å²) in [6.07, 6.45) is 12.7. The van der Waals surface area contributed by atoms with Gasteiger partial charge in [-0.25, -0.2) is 4.68 Å². The topological polar surface area (TPSA) is 42.7 Å². The lowest BCUT2D eigenvalue weighted by Gasteiger charge is -2.22. The molecule has 0 bridgehead atoms. The van der Waals surface area contributed by atoms with Gasteiger partial charge in [-0.15, -0.1) is 5.10 Å². The number of rotatable bonds is 3. The van der Waals surface area contributed by atoms with Gasteiger partial charge in [0.1, 0.15) is 0 Å². The fraction of sp³-hybridized carbons (Fsp3) is 0.857. The predicted octanol–water partition coefficient (Wildman–Crippen LogP) is 2.33. The average molecular weight is 248 g/mol. The van der Waals surface area contributed by atoms with Gasteiger partial charge in [0.15, 0.2) is 0 Å². The van der Waals surface area contributed by atoms with Crippen LogP contribution in [0.25, 0.3) is 0 Å².